The number of nitrogens with one attached hydrogen (secondary N) is 2. The lowest BCUT2D eigenvalue weighted by atomic mass is 9.91. The zero-order valence-corrected chi connectivity index (χ0v) is 25.4. The quantitative estimate of drug-likeness (QED) is 0.151. The van der Waals surface area contributed by atoms with Gasteiger partial charge in [0.15, 0.2) is 6.35 Å². The summed E-state index contributed by atoms with van der Waals surface area (Å²) in [5, 5.41) is 5.20. The molecule has 2 N–H and O–H groups in total. The second-order valence-electron chi connectivity index (χ2n) is 9.17. The standard InChI is InChI=1S/C28H28FIN3O7P/c1-17(18-7-5-4-6-8-18)25(26(34)31-23-14-11-20(30)15-22(23)29)33-27(35)24(32-28(33)36)19-9-12-21(13-10-19)40-16-41(37,38-2)39-3/h4-15,17,24-25H,16H2,1-3H3,(H,31,34)(H,32,36)/t17-,24?,25-/m0/s1. The number of carbonyl (C=O) groups excluding carboxylic acids is 3. The lowest BCUT2D eigenvalue weighted by Crippen LogP contribution is -2.50. The molecule has 10 nitrogen and oxygen atoms in total. The Morgan fingerprint density at radius 1 is 1.07 bits per heavy atom. The third-order valence-electron chi connectivity index (χ3n) is 6.66. The van der Waals surface area contributed by atoms with Crippen molar-refractivity contribution >= 4 is 53.7 Å². The summed E-state index contributed by atoms with van der Waals surface area (Å²) in [7, 11) is -0.894. The molecule has 4 amide bonds. The van der Waals surface area contributed by atoms with E-state index in [9.17, 15) is 23.3 Å². The maximum atomic E-state index is 14.6. The van der Waals surface area contributed by atoms with Crippen molar-refractivity contribution in [3.63, 3.8) is 0 Å². The molecule has 1 aliphatic heterocycles. The lowest BCUT2D eigenvalue weighted by Gasteiger charge is -2.30. The molecule has 3 aromatic rings. The Kier molecular flexibility index (Phi) is 9.80. The summed E-state index contributed by atoms with van der Waals surface area (Å²) in [6.07, 6.45) is -0.318. The minimum Gasteiger partial charge on any atom is -0.481 e. The first-order valence-corrected chi connectivity index (χ1v) is 15.2. The number of amides is 4. The second kappa shape index (κ2) is 13.1. The molecule has 1 aliphatic rings. The number of hydrogen-bond donors (Lipinski definition) is 2. The van der Waals surface area contributed by atoms with E-state index in [0.29, 0.717) is 20.4 Å². The van der Waals surface area contributed by atoms with E-state index in [1.54, 1.807) is 61.5 Å². The molecule has 1 saturated heterocycles. The number of halogens is 2. The van der Waals surface area contributed by atoms with Gasteiger partial charge in [0.05, 0.1) is 5.69 Å². The van der Waals surface area contributed by atoms with E-state index >= 15 is 0 Å². The van der Waals surface area contributed by atoms with Crippen molar-refractivity contribution in [2.75, 3.05) is 25.9 Å². The summed E-state index contributed by atoms with van der Waals surface area (Å²) in [5.41, 5.74) is 1.09. The first kappa shape index (κ1) is 30.6. The van der Waals surface area contributed by atoms with Crippen molar-refractivity contribution in [2.45, 2.75) is 24.9 Å². The topological polar surface area (TPSA) is 123 Å². The largest absolute Gasteiger partial charge is 0.481 e. The molecule has 0 aromatic heterocycles. The Balaban J connectivity index is 1.59. The van der Waals surface area contributed by atoms with Crippen LogP contribution in [-0.2, 0) is 23.2 Å². The highest BCUT2D eigenvalue weighted by molar-refractivity contribution is 14.1. The summed E-state index contributed by atoms with van der Waals surface area (Å²) < 4.78 is 42.6. The van der Waals surface area contributed by atoms with Crippen LogP contribution in [0.4, 0.5) is 14.9 Å². The van der Waals surface area contributed by atoms with Crippen molar-refractivity contribution in [2.24, 2.45) is 0 Å². The smallest absolute Gasteiger partial charge is 0.367 e. The number of benzene rings is 3. The molecule has 1 heterocycles. The van der Waals surface area contributed by atoms with E-state index < -0.39 is 49.3 Å². The minimum atomic E-state index is -3.39. The number of urea groups is 1. The number of carbonyl (C=O) groups is 3. The van der Waals surface area contributed by atoms with Crippen LogP contribution in [0.25, 0.3) is 0 Å². The van der Waals surface area contributed by atoms with Crippen molar-refractivity contribution < 1.29 is 37.1 Å². The Bertz CT molecular complexity index is 1470. The van der Waals surface area contributed by atoms with Gasteiger partial charge >= 0.3 is 13.6 Å². The number of anilines is 1. The molecule has 4 rings (SSSR count). The first-order chi connectivity index (χ1) is 19.6. The summed E-state index contributed by atoms with van der Waals surface area (Å²) in [6.45, 7) is 1.72. The molecule has 1 fully saturated rings. The van der Waals surface area contributed by atoms with E-state index in [2.05, 4.69) is 10.6 Å². The predicted octanol–water partition coefficient (Wildman–Crippen LogP) is 5.66. The van der Waals surface area contributed by atoms with Crippen LogP contribution >= 0.6 is 30.2 Å². The molecule has 1 unspecified atom stereocenters. The van der Waals surface area contributed by atoms with Crippen LogP contribution in [0.1, 0.15) is 30.0 Å². The molecular weight excluding hydrogens is 667 g/mol. The summed E-state index contributed by atoms with van der Waals surface area (Å²) in [4.78, 5) is 41.4. The van der Waals surface area contributed by atoms with Gasteiger partial charge in [0.2, 0.25) is 5.91 Å². The van der Waals surface area contributed by atoms with E-state index in [1.165, 1.54) is 26.4 Å². The molecular formula is C28H28FIN3O7P. The molecule has 13 heteroatoms. The van der Waals surface area contributed by atoms with Crippen molar-refractivity contribution in [3.8, 4) is 5.75 Å². The molecule has 3 atom stereocenters. The number of hydrogen-bond acceptors (Lipinski definition) is 7. The van der Waals surface area contributed by atoms with Gasteiger partial charge in [0, 0.05) is 23.7 Å². The van der Waals surface area contributed by atoms with Crippen molar-refractivity contribution in [1.82, 2.24) is 10.2 Å². The summed E-state index contributed by atoms with van der Waals surface area (Å²) >= 11 is 1.95. The second-order valence-corrected chi connectivity index (χ2v) is 12.6. The summed E-state index contributed by atoms with van der Waals surface area (Å²) in [6, 6.07) is 16.4. The predicted molar refractivity (Wildman–Crippen MR) is 158 cm³/mol. The highest BCUT2D eigenvalue weighted by Gasteiger charge is 2.47. The third kappa shape index (κ3) is 6.95. The van der Waals surface area contributed by atoms with Crippen molar-refractivity contribution in [3.05, 3.63) is 93.3 Å². The molecule has 0 saturated carbocycles. The molecule has 41 heavy (non-hydrogen) atoms. The van der Waals surface area contributed by atoms with Crippen LogP contribution in [-0.4, -0.2) is 49.4 Å². The highest BCUT2D eigenvalue weighted by atomic mass is 127. The zero-order chi connectivity index (χ0) is 29.7. The first-order valence-electron chi connectivity index (χ1n) is 12.4. The van der Waals surface area contributed by atoms with E-state index in [1.807, 2.05) is 28.7 Å². The van der Waals surface area contributed by atoms with Gasteiger partial charge in [-0.3, -0.25) is 14.2 Å². The Labute approximate surface area is 250 Å². The molecule has 0 spiro atoms. The average Bonchev–Trinajstić information content (AvgIpc) is 3.27. The van der Waals surface area contributed by atoms with E-state index in [0.717, 1.165) is 4.90 Å². The van der Waals surface area contributed by atoms with Crippen LogP contribution < -0.4 is 15.4 Å². The fraction of sp³-hybridized carbons (Fsp3) is 0.250. The van der Waals surface area contributed by atoms with Gasteiger partial charge in [-0.05, 0) is 64.0 Å². The average molecular weight is 695 g/mol. The van der Waals surface area contributed by atoms with Crippen LogP contribution in [0.2, 0.25) is 0 Å². The van der Waals surface area contributed by atoms with Gasteiger partial charge in [-0.2, -0.15) is 0 Å². The van der Waals surface area contributed by atoms with Crippen LogP contribution in [0.5, 0.6) is 5.75 Å². The fourth-order valence-electron chi connectivity index (χ4n) is 4.38. The Morgan fingerprint density at radius 3 is 2.34 bits per heavy atom. The zero-order valence-electron chi connectivity index (χ0n) is 22.4. The maximum absolute atomic E-state index is 14.6. The van der Waals surface area contributed by atoms with Gasteiger partial charge < -0.3 is 24.4 Å². The van der Waals surface area contributed by atoms with Crippen LogP contribution in [0.15, 0.2) is 72.8 Å². The molecule has 0 radical (unpaired) electrons. The highest BCUT2D eigenvalue weighted by Crippen LogP contribution is 2.46. The lowest BCUT2D eigenvalue weighted by molar-refractivity contribution is -0.134. The van der Waals surface area contributed by atoms with Crippen LogP contribution in [0.3, 0.4) is 0 Å². The number of imide groups is 1. The number of rotatable bonds is 11. The fourth-order valence-corrected chi connectivity index (χ4v) is 5.50. The molecule has 0 aliphatic carbocycles. The number of ether oxygens (including phenoxy) is 1. The normalized spacial score (nSPS) is 16.7. The van der Waals surface area contributed by atoms with Gasteiger partial charge in [-0.1, -0.05) is 49.4 Å². The molecule has 216 valence electrons. The molecule has 3 aromatic carbocycles. The van der Waals surface area contributed by atoms with Crippen LogP contribution in [0, 0.1) is 9.39 Å². The molecule has 0 bridgehead atoms. The summed E-state index contributed by atoms with van der Waals surface area (Å²) in [5.74, 6) is -2.27. The van der Waals surface area contributed by atoms with Gasteiger partial charge in [0.25, 0.3) is 5.91 Å². The van der Waals surface area contributed by atoms with E-state index in [-0.39, 0.29) is 12.0 Å². The van der Waals surface area contributed by atoms with Crippen molar-refractivity contribution in [1.29, 1.82) is 0 Å². The van der Waals surface area contributed by atoms with Gasteiger partial charge in [0.1, 0.15) is 23.7 Å². The van der Waals surface area contributed by atoms with Gasteiger partial charge in [-0.25, -0.2) is 14.1 Å². The van der Waals surface area contributed by atoms with Gasteiger partial charge in [-0.15, -0.1) is 0 Å². The third-order valence-corrected chi connectivity index (χ3v) is 8.89. The maximum Gasteiger partial charge on any atom is 0.367 e. The Hall–Kier alpha value is -3.32. The minimum absolute atomic E-state index is 0.0636. The SMILES string of the molecule is COP(=O)(COc1ccc(C2NC(=O)N([C@H](C(=O)Nc3ccc(I)cc3F)[C@@H](C)c3ccccc3)C2=O)cc1)OC. The monoisotopic (exact) mass is 695 g/mol. The number of nitrogens with zero attached hydrogens (tertiary/aromatic N) is 1. The Morgan fingerprint density at radius 2 is 1.73 bits per heavy atom. The van der Waals surface area contributed by atoms with E-state index in [4.69, 9.17) is 13.8 Å².